The molecular weight excluding hydrogens is 328 g/mol. The molecule has 5 heteroatoms. The minimum atomic E-state index is -1.15. The first kappa shape index (κ1) is 18.0. The molecule has 5 nitrogen and oxygen atoms in total. The number of hydrogen-bond acceptors (Lipinski definition) is 4. The van der Waals surface area contributed by atoms with Crippen molar-refractivity contribution >= 4 is 17.4 Å². The molecule has 0 aliphatic heterocycles. The summed E-state index contributed by atoms with van der Waals surface area (Å²) in [5.41, 5.74) is 8.32. The Labute approximate surface area is 153 Å². The summed E-state index contributed by atoms with van der Waals surface area (Å²) >= 11 is 0. The number of carbonyl (C=O) groups excluding carboxylic acids is 1. The van der Waals surface area contributed by atoms with Crippen molar-refractivity contribution in [3.8, 4) is 0 Å². The van der Waals surface area contributed by atoms with Crippen LogP contribution in [0.4, 0.5) is 5.69 Å². The van der Waals surface area contributed by atoms with Gasteiger partial charge in [-0.1, -0.05) is 49.8 Å². The van der Waals surface area contributed by atoms with Crippen LogP contribution in [0, 0.1) is 17.8 Å². The molecule has 2 aliphatic rings. The Kier molecular flexibility index (Phi) is 5.56. The summed E-state index contributed by atoms with van der Waals surface area (Å²) in [5.74, 6) is -1.34. The Balaban J connectivity index is 1.71. The van der Waals surface area contributed by atoms with E-state index in [1.54, 1.807) is 6.08 Å². The monoisotopic (exact) mass is 352 g/mol. The van der Waals surface area contributed by atoms with E-state index in [2.05, 4.69) is 23.9 Å². The fraction of sp³-hybridized carbons (Fsp3) is 0.333. The fourth-order valence-corrected chi connectivity index (χ4v) is 3.77. The predicted octanol–water partition coefficient (Wildman–Crippen LogP) is 3.69. The number of Topliss-reactive ketones (excluding diaryl/α,β-unsaturated/α-hetero) is 1. The molecule has 0 saturated carbocycles. The number of allylic oxidation sites excluding steroid dienone is 5. The molecule has 2 aliphatic carbocycles. The first-order valence-corrected chi connectivity index (χ1v) is 9.02. The zero-order valence-electron chi connectivity index (χ0n) is 14.8. The van der Waals surface area contributed by atoms with Crippen LogP contribution < -0.4 is 10.9 Å². The van der Waals surface area contributed by atoms with E-state index in [4.69, 9.17) is 0 Å². The maximum Gasteiger partial charge on any atom is 0.339 e. The van der Waals surface area contributed by atoms with Crippen molar-refractivity contribution < 1.29 is 14.7 Å². The van der Waals surface area contributed by atoms with E-state index in [1.807, 2.05) is 36.4 Å². The summed E-state index contributed by atoms with van der Waals surface area (Å²) in [6.07, 6.45) is 9.69. The van der Waals surface area contributed by atoms with Crippen LogP contribution in [-0.2, 0) is 9.59 Å². The minimum absolute atomic E-state index is 0.0943. The van der Waals surface area contributed by atoms with Gasteiger partial charge in [-0.05, 0) is 42.9 Å². The van der Waals surface area contributed by atoms with E-state index in [9.17, 15) is 14.7 Å². The second-order valence-electron chi connectivity index (χ2n) is 6.78. The van der Waals surface area contributed by atoms with Crippen LogP contribution >= 0.6 is 0 Å². The van der Waals surface area contributed by atoms with Gasteiger partial charge in [0.05, 0.1) is 5.69 Å². The Morgan fingerprint density at radius 3 is 2.69 bits per heavy atom. The van der Waals surface area contributed by atoms with Gasteiger partial charge in [0.25, 0.3) is 0 Å². The van der Waals surface area contributed by atoms with Crippen molar-refractivity contribution in [3.05, 3.63) is 65.9 Å². The summed E-state index contributed by atoms with van der Waals surface area (Å²) in [5, 5.41) is 9.25. The maximum atomic E-state index is 12.7. The number of aliphatic carboxylic acids is 1. The van der Waals surface area contributed by atoms with Crippen molar-refractivity contribution in [2.45, 2.75) is 26.2 Å². The summed E-state index contributed by atoms with van der Waals surface area (Å²) < 4.78 is 0. The average molecular weight is 352 g/mol. The number of carboxylic acid groups (broad SMARTS) is 1. The van der Waals surface area contributed by atoms with Gasteiger partial charge < -0.3 is 16.0 Å². The summed E-state index contributed by atoms with van der Waals surface area (Å²) in [6.45, 7) is 2.12. The van der Waals surface area contributed by atoms with Crippen LogP contribution in [0.2, 0.25) is 0 Å². The number of rotatable bonds is 6. The molecular formula is C21H24N2O3. The van der Waals surface area contributed by atoms with Crippen molar-refractivity contribution in [3.63, 3.8) is 0 Å². The van der Waals surface area contributed by atoms with E-state index in [1.165, 1.54) is 6.08 Å². The third kappa shape index (κ3) is 3.87. The van der Waals surface area contributed by atoms with E-state index < -0.39 is 5.97 Å². The number of hydrogen-bond donors (Lipinski definition) is 3. The maximum absolute atomic E-state index is 12.7. The highest BCUT2D eigenvalue weighted by Crippen LogP contribution is 2.39. The molecule has 3 unspecified atom stereocenters. The summed E-state index contributed by atoms with van der Waals surface area (Å²) in [7, 11) is 0. The van der Waals surface area contributed by atoms with Crippen molar-refractivity contribution in [2.24, 2.45) is 17.8 Å². The highest BCUT2D eigenvalue weighted by molar-refractivity contribution is 6.18. The number of nitrogens with one attached hydrogen (secondary N) is 2. The van der Waals surface area contributed by atoms with E-state index in [-0.39, 0.29) is 23.2 Å². The molecule has 3 atom stereocenters. The number of carboxylic acids is 1. The highest BCUT2D eigenvalue weighted by Gasteiger charge is 2.37. The third-order valence-electron chi connectivity index (χ3n) is 5.23. The van der Waals surface area contributed by atoms with Gasteiger partial charge in [-0.15, -0.1) is 0 Å². The molecule has 0 spiro atoms. The van der Waals surface area contributed by atoms with Gasteiger partial charge in [0.2, 0.25) is 0 Å². The van der Waals surface area contributed by atoms with Gasteiger partial charge >= 0.3 is 5.97 Å². The topological polar surface area (TPSA) is 78.4 Å². The van der Waals surface area contributed by atoms with Crippen LogP contribution in [0.3, 0.4) is 0 Å². The molecule has 1 aromatic carbocycles. The van der Waals surface area contributed by atoms with E-state index in [0.717, 1.165) is 24.2 Å². The van der Waals surface area contributed by atoms with Crippen LogP contribution in [-0.4, -0.2) is 16.9 Å². The highest BCUT2D eigenvalue weighted by atomic mass is 16.4. The van der Waals surface area contributed by atoms with Crippen molar-refractivity contribution in [1.82, 2.24) is 5.43 Å². The lowest BCUT2D eigenvalue weighted by molar-refractivity contribution is -0.135. The van der Waals surface area contributed by atoms with Gasteiger partial charge in [0, 0.05) is 11.6 Å². The molecule has 0 fully saturated rings. The van der Waals surface area contributed by atoms with Gasteiger partial charge in [0.1, 0.15) is 5.57 Å². The predicted molar refractivity (Wildman–Crippen MR) is 101 cm³/mol. The molecule has 3 N–H and O–H groups in total. The third-order valence-corrected chi connectivity index (χ3v) is 5.23. The van der Waals surface area contributed by atoms with Crippen LogP contribution in [0.15, 0.2) is 65.9 Å². The number of hydrazine groups is 1. The summed E-state index contributed by atoms with van der Waals surface area (Å²) in [6, 6.07) is 9.82. The van der Waals surface area contributed by atoms with Crippen molar-refractivity contribution in [1.29, 1.82) is 0 Å². The number of para-hydroxylation sites is 1. The van der Waals surface area contributed by atoms with Gasteiger partial charge in [0.15, 0.2) is 5.78 Å². The Morgan fingerprint density at radius 1 is 1.23 bits per heavy atom. The fourth-order valence-electron chi connectivity index (χ4n) is 3.77. The molecule has 0 saturated heterocycles. The largest absolute Gasteiger partial charge is 0.478 e. The molecule has 0 radical (unpaired) electrons. The smallest absolute Gasteiger partial charge is 0.339 e. The SMILES string of the molecule is CCC1CC=C(NNc2ccccc2)CC1C1C=CC=C(C(=O)O)C1=O. The number of benzene rings is 1. The molecule has 0 amide bonds. The van der Waals surface area contributed by atoms with Gasteiger partial charge in [-0.3, -0.25) is 4.79 Å². The lowest BCUT2D eigenvalue weighted by atomic mass is 9.69. The minimum Gasteiger partial charge on any atom is -0.478 e. The van der Waals surface area contributed by atoms with E-state index >= 15 is 0 Å². The molecule has 1 aromatic rings. The number of carbonyl (C=O) groups is 2. The molecule has 3 rings (SSSR count). The zero-order chi connectivity index (χ0) is 18.5. The normalized spacial score (nSPS) is 25.3. The molecule has 0 bridgehead atoms. The van der Waals surface area contributed by atoms with Crippen LogP contribution in [0.25, 0.3) is 0 Å². The number of anilines is 1. The second kappa shape index (κ2) is 8.04. The van der Waals surface area contributed by atoms with Crippen molar-refractivity contribution in [2.75, 3.05) is 5.43 Å². The number of ketones is 1. The lowest BCUT2D eigenvalue weighted by Gasteiger charge is -2.35. The second-order valence-corrected chi connectivity index (χ2v) is 6.78. The molecule has 0 heterocycles. The standard InChI is InChI=1S/C21H24N2O3/c1-2-14-11-12-16(23-22-15-7-4-3-5-8-15)13-19(14)17-9-6-10-18(20(17)24)21(25)26/h3-10,12,14,17,19,22-23H,2,11,13H2,1H3,(H,25,26). The molecule has 0 aromatic heterocycles. The van der Waals surface area contributed by atoms with Crippen LogP contribution in [0.1, 0.15) is 26.2 Å². The Bertz CT molecular complexity index is 765. The quantitative estimate of drug-likeness (QED) is 0.538. The van der Waals surface area contributed by atoms with Crippen LogP contribution in [0.5, 0.6) is 0 Å². The van der Waals surface area contributed by atoms with Gasteiger partial charge in [-0.25, -0.2) is 4.79 Å². The Morgan fingerprint density at radius 2 is 2.00 bits per heavy atom. The Hall–Kier alpha value is -2.82. The van der Waals surface area contributed by atoms with E-state index in [0.29, 0.717) is 12.3 Å². The first-order valence-electron chi connectivity index (χ1n) is 9.02. The molecule has 26 heavy (non-hydrogen) atoms. The lowest BCUT2D eigenvalue weighted by Crippen LogP contribution is -2.36. The first-order chi connectivity index (χ1) is 12.6. The van der Waals surface area contributed by atoms with Gasteiger partial charge in [-0.2, -0.15) is 0 Å². The zero-order valence-corrected chi connectivity index (χ0v) is 14.8. The molecule has 136 valence electrons. The summed E-state index contributed by atoms with van der Waals surface area (Å²) in [4.78, 5) is 24.0. The average Bonchev–Trinajstić information content (AvgIpc) is 2.67.